The minimum absolute atomic E-state index is 0.0199. The monoisotopic (exact) mass is 214 g/mol. The Labute approximate surface area is 94.0 Å². The number of hydrogen-bond acceptors (Lipinski definition) is 3. The average molecular weight is 214 g/mol. The lowest BCUT2D eigenvalue weighted by Gasteiger charge is -2.24. The fraction of sp³-hybridized carbons (Fsp3) is 1.00. The highest BCUT2D eigenvalue weighted by atomic mass is 16.5. The summed E-state index contributed by atoms with van der Waals surface area (Å²) in [5, 5.41) is 0. The zero-order valence-corrected chi connectivity index (χ0v) is 10.5. The smallest absolute Gasteiger partial charge is 0.0673 e. The summed E-state index contributed by atoms with van der Waals surface area (Å²) in [5.41, 5.74) is 5.95. The Bertz CT molecular complexity index is 177. The Morgan fingerprint density at radius 1 is 1.47 bits per heavy atom. The molecule has 2 N–H and O–H groups in total. The maximum absolute atomic E-state index is 5.97. The van der Waals surface area contributed by atoms with Crippen molar-refractivity contribution in [3.63, 3.8) is 0 Å². The zero-order chi connectivity index (χ0) is 11.3. The van der Waals surface area contributed by atoms with Crippen molar-refractivity contribution in [3.05, 3.63) is 0 Å². The molecule has 3 heteroatoms. The molecule has 0 amide bonds. The topological polar surface area (TPSA) is 38.5 Å². The van der Waals surface area contributed by atoms with E-state index in [9.17, 15) is 0 Å². The van der Waals surface area contributed by atoms with Crippen molar-refractivity contribution in [3.8, 4) is 0 Å². The molecule has 1 rings (SSSR count). The number of nitrogens with two attached hydrogens (primary N) is 1. The van der Waals surface area contributed by atoms with E-state index in [1.807, 2.05) is 0 Å². The van der Waals surface area contributed by atoms with Gasteiger partial charge in [0, 0.05) is 25.2 Å². The first-order valence-electron chi connectivity index (χ1n) is 6.10. The van der Waals surface area contributed by atoms with Crippen LogP contribution >= 0.6 is 0 Å². The molecule has 0 saturated carbocycles. The van der Waals surface area contributed by atoms with Crippen molar-refractivity contribution in [1.82, 2.24) is 4.90 Å². The molecular formula is C12H26N2O. The maximum atomic E-state index is 5.97. The van der Waals surface area contributed by atoms with Gasteiger partial charge in [-0.15, -0.1) is 0 Å². The van der Waals surface area contributed by atoms with Crippen LogP contribution in [0.15, 0.2) is 0 Å². The summed E-state index contributed by atoms with van der Waals surface area (Å²) in [6.45, 7) is 10.7. The molecule has 3 nitrogen and oxygen atoms in total. The number of rotatable bonds is 4. The molecule has 0 aromatic rings. The summed E-state index contributed by atoms with van der Waals surface area (Å²) >= 11 is 0. The van der Waals surface area contributed by atoms with Crippen LogP contribution in [0.4, 0.5) is 0 Å². The molecule has 1 heterocycles. The second-order valence-electron chi connectivity index (χ2n) is 5.43. The summed E-state index contributed by atoms with van der Waals surface area (Å²) < 4.78 is 5.61. The van der Waals surface area contributed by atoms with Crippen molar-refractivity contribution in [2.24, 2.45) is 5.73 Å². The molecule has 1 atom stereocenters. The Balaban J connectivity index is 2.19. The van der Waals surface area contributed by atoms with E-state index < -0.39 is 0 Å². The van der Waals surface area contributed by atoms with E-state index in [1.54, 1.807) is 0 Å². The van der Waals surface area contributed by atoms with Gasteiger partial charge in [-0.05, 0) is 46.6 Å². The van der Waals surface area contributed by atoms with Crippen molar-refractivity contribution in [1.29, 1.82) is 0 Å². The van der Waals surface area contributed by atoms with Gasteiger partial charge in [0.05, 0.1) is 6.10 Å². The van der Waals surface area contributed by atoms with Crippen molar-refractivity contribution < 1.29 is 4.74 Å². The largest absolute Gasteiger partial charge is 0.377 e. The van der Waals surface area contributed by atoms with Gasteiger partial charge in [0.1, 0.15) is 0 Å². The Kier molecular flexibility index (Phi) is 5.03. The standard InChI is InChI=1S/C12H26N2O/c1-11-10-14(8-5-9-15-11)7-4-6-12(2,3)13/h11H,4-10,13H2,1-3H3. The van der Waals surface area contributed by atoms with Gasteiger partial charge in [-0.2, -0.15) is 0 Å². The summed E-state index contributed by atoms with van der Waals surface area (Å²) in [4.78, 5) is 2.50. The van der Waals surface area contributed by atoms with E-state index in [-0.39, 0.29) is 5.54 Å². The summed E-state index contributed by atoms with van der Waals surface area (Å²) in [7, 11) is 0. The van der Waals surface area contributed by atoms with Crippen LogP contribution in [0.3, 0.4) is 0 Å². The molecule has 0 aromatic heterocycles. The second kappa shape index (κ2) is 5.83. The van der Waals surface area contributed by atoms with Crippen LogP contribution in [0.1, 0.15) is 40.0 Å². The SMILES string of the molecule is CC1CN(CCCC(C)(C)N)CCCO1. The second-order valence-corrected chi connectivity index (χ2v) is 5.43. The number of hydrogen-bond donors (Lipinski definition) is 1. The van der Waals surface area contributed by atoms with Crippen LogP contribution in [0.2, 0.25) is 0 Å². The molecule has 1 aliphatic heterocycles. The average Bonchev–Trinajstić information content (AvgIpc) is 2.27. The molecule has 1 unspecified atom stereocenters. The predicted octanol–water partition coefficient (Wildman–Crippen LogP) is 1.61. The lowest BCUT2D eigenvalue weighted by molar-refractivity contribution is 0.0674. The minimum Gasteiger partial charge on any atom is -0.377 e. The number of nitrogens with zero attached hydrogens (tertiary/aromatic N) is 1. The van der Waals surface area contributed by atoms with Gasteiger partial charge in [0.15, 0.2) is 0 Å². The molecule has 90 valence electrons. The molecule has 0 aliphatic carbocycles. The molecule has 0 spiro atoms. The third-order valence-electron chi connectivity index (χ3n) is 2.83. The summed E-state index contributed by atoms with van der Waals surface area (Å²) in [5.74, 6) is 0. The lowest BCUT2D eigenvalue weighted by atomic mass is 10.00. The third-order valence-corrected chi connectivity index (χ3v) is 2.83. The van der Waals surface area contributed by atoms with Crippen LogP contribution in [0.5, 0.6) is 0 Å². The minimum atomic E-state index is -0.0199. The van der Waals surface area contributed by atoms with Crippen LogP contribution in [-0.2, 0) is 4.74 Å². The lowest BCUT2D eigenvalue weighted by Crippen LogP contribution is -2.35. The Hall–Kier alpha value is -0.120. The molecule has 1 saturated heterocycles. The predicted molar refractivity (Wildman–Crippen MR) is 64.0 cm³/mol. The summed E-state index contributed by atoms with van der Waals surface area (Å²) in [6.07, 6.45) is 3.84. The highest BCUT2D eigenvalue weighted by Gasteiger charge is 2.16. The maximum Gasteiger partial charge on any atom is 0.0673 e. The number of ether oxygens (including phenoxy) is 1. The first-order valence-corrected chi connectivity index (χ1v) is 6.10. The molecule has 0 radical (unpaired) electrons. The first-order chi connectivity index (χ1) is 6.97. The van der Waals surface area contributed by atoms with E-state index in [0.29, 0.717) is 6.10 Å². The van der Waals surface area contributed by atoms with Gasteiger partial charge in [0.2, 0.25) is 0 Å². The van der Waals surface area contributed by atoms with Crippen LogP contribution < -0.4 is 5.73 Å². The van der Waals surface area contributed by atoms with Gasteiger partial charge < -0.3 is 15.4 Å². The van der Waals surface area contributed by atoms with E-state index in [4.69, 9.17) is 10.5 Å². The fourth-order valence-electron chi connectivity index (χ4n) is 2.04. The quantitative estimate of drug-likeness (QED) is 0.773. The summed E-state index contributed by atoms with van der Waals surface area (Å²) in [6, 6.07) is 0. The first kappa shape index (κ1) is 12.9. The van der Waals surface area contributed by atoms with Gasteiger partial charge >= 0.3 is 0 Å². The van der Waals surface area contributed by atoms with E-state index in [0.717, 1.165) is 32.5 Å². The van der Waals surface area contributed by atoms with Gasteiger partial charge in [-0.1, -0.05) is 0 Å². The Morgan fingerprint density at radius 3 is 2.87 bits per heavy atom. The van der Waals surface area contributed by atoms with Crippen LogP contribution in [0.25, 0.3) is 0 Å². The molecular weight excluding hydrogens is 188 g/mol. The zero-order valence-electron chi connectivity index (χ0n) is 10.5. The molecule has 0 aromatic carbocycles. The van der Waals surface area contributed by atoms with E-state index >= 15 is 0 Å². The van der Waals surface area contributed by atoms with Crippen LogP contribution in [-0.4, -0.2) is 42.8 Å². The normalized spacial score (nSPS) is 25.2. The highest BCUT2D eigenvalue weighted by Crippen LogP contribution is 2.10. The molecule has 0 bridgehead atoms. The van der Waals surface area contributed by atoms with Gasteiger partial charge in [-0.3, -0.25) is 0 Å². The van der Waals surface area contributed by atoms with Gasteiger partial charge in [0.25, 0.3) is 0 Å². The van der Waals surface area contributed by atoms with Crippen molar-refractivity contribution in [2.75, 3.05) is 26.2 Å². The fourth-order valence-corrected chi connectivity index (χ4v) is 2.04. The van der Waals surface area contributed by atoms with E-state index in [2.05, 4.69) is 25.7 Å². The van der Waals surface area contributed by atoms with Crippen LogP contribution in [0, 0.1) is 0 Å². The molecule has 1 aliphatic rings. The van der Waals surface area contributed by atoms with Crippen molar-refractivity contribution >= 4 is 0 Å². The third kappa shape index (κ3) is 6.13. The molecule has 1 fully saturated rings. The molecule has 15 heavy (non-hydrogen) atoms. The highest BCUT2D eigenvalue weighted by molar-refractivity contribution is 4.73. The Morgan fingerprint density at radius 2 is 2.20 bits per heavy atom. The van der Waals surface area contributed by atoms with Crippen molar-refractivity contribution in [2.45, 2.75) is 51.7 Å². The van der Waals surface area contributed by atoms with Gasteiger partial charge in [-0.25, -0.2) is 0 Å². The van der Waals surface area contributed by atoms with E-state index in [1.165, 1.54) is 13.0 Å².